The molecule has 0 heterocycles. The van der Waals surface area contributed by atoms with Crippen molar-refractivity contribution in [3.8, 4) is 0 Å². The van der Waals surface area contributed by atoms with E-state index in [1.807, 2.05) is 0 Å². The summed E-state index contributed by atoms with van der Waals surface area (Å²) in [6.45, 7) is -0.205. The van der Waals surface area contributed by atoms with Crippen LogP contribution in [0.15, 0.2) is 12.3 Å². The molecule has 1 fully saturated rings. The number of hydrogen-bond donors (Lipinski definition) is 1. The van der Waals surface area contributed by atoms with Gasteiger partial charge in [-0.25, -0.2) is 0 Å². The predicted molar refractivity (Wildman–Crippen MR) is 43.9 cm³/mol. The van der Waals surface area contributed by atoms with Gasteiger partial charge in [0.05, 0.1) is 6.26 Å². The van der Waals surface area contributed by atoms with Crippen LogP contribution in [0.5, 0.6) is 0 Å². The molecule has 1 aliphatic carbocycles. The van der Waals surface area contributed by atoms with Crippen molar-refractivity contribution in [3.05, 3.63) is 12.3 Å². The summed E-state index contributed by atoms with van der Waals surface area (Å²) >= 11 is 0. The normalized spacial score (nSPS) is 20.8. The Morgan fingerprint density at radius 3 is 2.64 bits per heavy atom. The molecular formula is C9H16O2. The smallest absolute Gasteiger partial charge is 0.185 e. The molecule has 0 aromatic heterocycles. The third-order valence-corrected chi connectivity index (χ3v) is 2.17. The first kappa shape index (κ1) is 8.60. The van der Waals surface area contributed by atoms with Crippen molar-refractivity contribution in [2.75, 3.05) is 6.79 Å². The molecule has 0 saturated heterocycles. The van der Waals surface area contributed by atoms with Crippen molar-refractivity contribution >= 4 is 0 Å². The predicted octanol–water partition coefficient (Wildman–Crippen LogP) is 2.05. The van der Waals surface area contributed by atoms with Crippen molar-refractivity contribution in [1.82, 2.24) is 0 Å². The van der Waals surface area contributed by atoms with Gasteiger partial charge in [0.1, 0.15) is 0 Å². The topological polar surface area (TPSA) is 29.5 Å². The minimum absolute atomic E-state index is 0.205. The van der Waals surface area contributed by atoms with E-state index in [2.05, 4.69) is 6.08 Å². The Hall–Kier alpha value is -0.500. The molecule has 0 aromatic carbocycles. The van der Waals surface area contributed by atoms with Gasteiger partial charge in [-0.3, -0.25) is 0 Å². The van der Waals surface area contributed by atoms with Gasteiger partial charge in [-0.05, 0) is 24.8 Å². The van der Waals surface area contributed by atoms with Crippen LogP contribution in [0.3, 0.4) is 0 Å². The molecule has 0 unspecified atom stereocenters. The van der Waals surface area contributed by atoms with Crippen LogP contribution >= 0.6 is 0 Å². The SMILES string of the molecule is OCOC=CC1CCCCC1. The molecule has 0 atom stereocenters. The van der Waals surface area contributed by atoms with E-state index in [1.54, 1.807) is 6.26 Å². The average Bonchev–Trinajstić information content (AvgIpc) is 2.07. The fraction of sp³-hybridized carbons (Fsp3) is 0.778. The molecule has 0 amide bonds. The molecule has 2 nitrogen and oxygen atoms in total. The number of ether oxygens (including phenoxy) is 1. The van der Waals surface area contributed by atoms with Crippen LogP contribution in [-0.4, -0.2) is 11.9 Å². The van der Waals surface area contributed by atoms with E-state index in [0.29, 0.717) is 5.92 Å². The van der Waals surface area contributed by atoms with Gasteiger partial charge in [-0.2, -0.15) is 0 Å². The summed E-state index contributed by atoms with van der Waals surface area (Å²) in [5.74, 6) is 0.690. The minimum Gasteiger partial charge on any atom is -0.476 e. The largest absolute Gasteiger partial charge is 0.476 e. The van der Waals surface area contributed by atoms with Crippen LogP contribution < -0.4 is 0 Å². The number of aliphatic hydroxyl groups excluding tert-OH is 1. The average molecular weight is 156 g/mol. The zero-order chi connectivity index (χ0) is 7.94. The van der Waals surface area contributed by atoms with Crippen molar-refractivity contribution < 1.29 is 9.84 Å². The lowest BCUT2D eigenvalue weighted by atomic mass is 9.89. The fourth-order valence-electron chi connectivity index (χ4n) is 1.54. The van der Waals surface area contributed by atoms with Crippen LogP contribution in [0.4, 0.5) is 0 Å². The van der Waals surface area contributed by atoms with Gasteiger partial charge in [0.2, 0.25) is 0 Å². The quantitative estimate of drug-likeness (QED) is 0.500. The van der Waals surface area contributed by atoms with E-state index in [0.717, 1.165) is 0 Å². The lowest BCUT2D eigenvalue weighted by Gasteiger charge is -2.17. The molecule has 1 aliphatic rings. The summed E-state index contributed by atoms with van der Waals surface area (Å²) in [6.07, 6.45) is 10.3. The zero-order valence-corrected chi connectivity index (χ0v) is 6.83. The molecule has 0 bridgehead atoms. The highest BCUT2D eigenvalue weighted by Crippen LogP contribution is 2.24. The maximum absolute atomic E-state index is 8.32. The molecule has 0 aromatic rings. The molecule has 0 aliphatic heterocycles. The van der Waals surface area contributed by atoms with Crippen LogP contribution in [0.1, 0.15) is 32.1 Å². The second kappa shape index (κ2) is 5.19. The lowest BCUT2D eigenvalue weighted by molar-refractivity contribution is 0.0592. The van der Waals surface area contributed by atoms with E-state index in [4.69, 9.17) is 9.84 Å². The van der Waals surface area contributed by atoms with E-state index in [1.165, 1.54) is 32.1 Å². The highest BCUT2D eigenvalue weighted by molar-refractivity contribution is 4.84. The molecule has 11 heavy (non-hydrogen) atoms. The standard InChI is InChI=1S/C9H16O2/c10-8-11-7-6-9-4-2-1-3-5-9/h6-7,9-10H,1-5,8H2. The van der Waals surface area contributed by atoms with E-state index in [9.17, 15) is 0 Å². The zero-order valence-electron chi connectivity index (χ0n) is 6.83. The molecule has 2 heteroatoms. The van der Waals surface area contributed by atoms with E-state index in [-0.39, 0.29) is 6.79 Å². The number of allylic oxidation sites excluding steroid dienone is 1. The maximum Gasteiger partial charge on any atom is 0.185 e. The first-order valence-corrected chi connectivity index (χ1v) is 4.32. The monoisotopic (exact) mass is 156 g/mol. The Labute approximate surface area is 67.9 Å². The van der Waals surface area contributed by atoms with E-state index < -0.39 is 0 Å². The number of rotatable bonds is 3. The van der Waals surface area contributed by atoms with Crippen molar-refractivity contribution in [3.63, 3.8) is 0 Å². The molecule has 64 valence electrons. The Kier molecular flexibility index (Phi) is 4.06. The van der Waals surface area contributed by atoms with Gasteiger partial charge in [0, 0.05) is 0 Å². The summed E-state index contributed by atoms with van der Waals surface area (Å²) in [5.41, 5.74) is 0. The highest BCUT2D eigenvalue weighted by atomic mass is 16.6. The third-order valence-electron chi connectivity index (χ3n) is 2.17. The Bertz CT molecular complexity index is 115. The third kappa shape index (κ3) is 3.42. The summed E-state index contributed by atoms with van der Waals surface area (Å²) in [5, 5.41) is 8.32. The van der Waals surface area contributed by atoms with Crippen molar-refractivity contribution in [1.29, 1.82) is 0 Å². The van der Waals surface area contributed by atoms with Gasteiger partial charge in [0.15, 0.2) is 6.79 Å². The van der Waals surface area contributed by atoms with Crippen LogP contribution in [0.25, 0.3) is 0 Å². The molecular weight excluding hydrogens is 140 g/mol. The molecule has 1 rings (SSSR count). The van der Waals surface area contributed by atoms with Crippen molar-refractivity contribution in [2.24, 2.45) is 5.92 Å². The highest BCUT2D eigenvalue weighted by Gasteiger charge is 2.09. The summed E-state index contributed by atoms with van der Waals surface area (Å²) in [7, 11) is 0. The summed E-state index contributed by atoms with van der Waals surface area (Å²) < 4.78 is 4.71. The van der Waals surface area contributed by atoms with Gasteiger partial charge in [0.25, 0.3) is 0 Å². The first-order valence-electron chi connectivity index (χ1n) is 4.32. The summed E-state index contributed by atoms with van der Waals surface area (Å²) in [6, 6.07) is 0. The number of hydrogen-bond acceptors (Lipinski definition) is 2. The second-order valence-electron chi connectivity index (χ2n) is 3.02. The molecule has 0 radical (unpaired) electrons. The van der Waals surface area contributed by atoms with Crippen LogP contribution in [0.2, 0.25) is 0 Å². The molecule has 1 saturated carbocycles. The van der Waals surface area contributed by atoms with Crippen LogP contribution in [-0.2, 0) is 4.74 Å². The number of aliphatic hydroxyl groups is 1. The van der Waals surface area contributed by atoms with Gasteiger partial charge in [-0.15, -0.1) is 0 Å². The van der Waals surface area contributed by atoms with Crippen LogP contribution in [0, 0.1) is 5.92 Å². The van der Waals surface area contributed by atoms with E-state index >= 15 is 0 Å². The minimum atomic E-state index is -0.205. The fourth-order valence-corrected chi connectivity index (χ4v) is 1.54. The molecule has 0 spiro atoms. The summed E-state index contributed by atoms with van der Waals surface area (Å²) in [4.78, 5) is 0. The maximum atomic E-state index is 8.32. The Morgan fingerprint density at radius 2 is 2.00 bits per heavy atom. The molecule has 1 N–H and O–H groups in total. The first-order chi connectivity index (χ1) is 5.43. The Morgan fingerprint density at radius 1 is 1.27 bits per heavy atom. The van der Waals surface area contributed by atoms with Crippen molar-refractivity contribution in [2.45, 2.75) is 32.1 Å². The lowest BCUT2D eigenvalue weighted by Crippen LogP contribution is -2.02. The van der Waals surface area contributed by atoms with Gasteiger partial charge >= 0.3 is 0 Å². The van der Waals surface area contributed by atoms with Gasteiger partial charge in [-0.1, -0.05) is 19.3 Å². The Balaban J connectivity index is 2.13. The van der Waals surface area contributed by atoms with Gasteiger partial charge < -0.3 is 9.84 Å². The second-order valence-corrected chi connectivity index (χ2v) is 3.02.